The summed E-state index contributed by atoms with van der Waals surface area (Å²) in [6.45, 7) is 3.80. The van der Waals surface area contributed by atoms with E-state index in [1.807, 2.05) is 17.6 Å². The highest BCUT2D eigenvalue weighted by Crippen LogP contribution is 2.35. The molecule has 3 rings (SSSR count). The second-order valence-electron chi connectivity index (χ2n) is 6.14. The van der Waals surface area contributed by atoms with E-state index in [1.165, 1.54) is 6.07 Å². The first-order valence-corrected chi connectivity index (χ1v) is 7.90. The molecule has 1 aliphatic heterocycles. The topological polar surface area (TPSA) is 57.4 Å². The fourth-order valence-corrected chi connectivity index (χ4v) is 3.62. The van der Waals surface area contributed by atoms with Crippen LogP contribution in [0.4, 0.5) is 4.39 Å². The quantitative estimate of drug-likeness (QED) is 0.809. The maximum Gasteiger partial charge on any atom is 0.147 e. The van der Waals surface area contributed by atoms with Crippen molar-refractivity contribution in [3.05, 3.63) is 35.3 Å². The van der Waals surface area contributed by atoms with Crippen molar-refractivity contribution in [2.75, 3.05) is 19.7 Å². The normalized spacial score (nSPS) is 20.5. The number of hydrogen-bond acceptors (Lipinski definition) is 3. The van der Waals surface area contributed by atoms with E-state index in [9.17, 15) is 14.6 Å². The van der Waals surface area contributed by atoms with Gasteiger partial charge in [0, 0.05) is 23.5 Å². The van der Waals surface area contributed by atoms with Gasteiger partial charge in [0.2, 0.25) is 0 Å². The first kappa shape index (κ1) is 15.5. The largest absolute Gasteiger partial charge is 0.394 e. The van der Waals surface area contributed by atoms with Gasteiger partial charge in [-0.1, -0.05) is 12.1 Å². The van der Waals surface area contributed by atoms with E-state index in [1.54, 1.807) is 6.07 Å². The lowest BCUT2D eigenvalue weighted by molar-refractivity contribution is 0.0811. The second-order valence-corrected chi connectivity index (χ2v) is 6.14. The van der Waals surface area contributed by atoms with E-state index in [2.05, 4.69) is 5.32 Å². The Labute approximate surface area is 129 Å². The predicted octanol–water partition coefficient (Wildman–Crippen LogP) is 1.91. The molecule has 3 N–H and O–H groups in total. The van der Waals surface area contributed by atoms with Gasteiger partial charge in [0.1, 0.15) is 5.82 Å². The van der Waals surface area contributed by atoms with Crippen molar-refractivity contribution in [2.24, 2.45) is 0 Å². The van der Waals surface area contributed by atoms with Gasteiger partial charge in [0.05, 0.1) is 24.8 Å². The number of aromatic nitrogens is 1. The van der Waals surface area contributed by atoms with Gasteiger partial charge in [-0.3, -0.25) is 0 Å². The summed E-state index contributed by atoms with van der Waals surface area (Å²) in [4.78, 5) is 0. The zero-order valence-electron chi connectivity index (χ0n) is 12.8. The number of fused-ring (bicyclic) bond motifs is 1. The molecule has 0 bridgehead atoms. The molecule has 1 saturated heterocycles. The third kappa shape index (κ3) is 2.64. The zero-order valence-corrected chi connectivity index (χ0v) is 12.8. The smallest absolute Gasteiger partial charge is 0.147 e. The third-order valence-electron chi connectivity index (χ3n) is 4.62. The van der Waals surface area contributed by atoms with Crippen LogP contribution in [0, 0.1) is 12.7 Å². The molecule has 4 nitrogen and oxygen atoms in total. The number of rotatable bonds is 4. The van der Waals surface area contributed by atoms with Crippen molar-refractivity contribution in [3.63, 3.8) is 0 Å². The highest BCUT2D eigenvalue weighted by atomic mass is 19.1. The molecule has 5 heteroatoms. The number of aryl methyl sites for hydroxylation is 1. The SMILES string of the molecule is Cc1c(C2CCCNC2)n(C[C@H](O)CO)c2c(F)cccc12. The molecule has 120 valence electrons. The van der Waals surface area contributed by atoms with Gasteiger partial charge in [-0.2, -0.15) is 0 Å². The lowest BCUT2D eigenvalue weighted by Crippen LogP contribution is -2.31. The van der Waals surface area contributed by atoms with Gasteiger partial charge in [-0.25, -0.2) is 4.39 Å². The average molecular weight is 306 g/mol. The molecular weight excluding hydrogens is 283 g/mol. The molecule has 0 spiro atoms. The molecule has 0 saturated carbocycles. The summed E-state index contributed by atoms with van der Waals surface area (Å²) in [6, 6.07) is 5.10. The Morgan fingerprint density at radius 1 is 1.45 bits per heavy atom. The van der Waals surface area contributed by atoms with E-state index in [4.69, 9.17) is 0 Å². The van der Waals surface area contributed by atoms with Crippen LogP contribution in [0.1, 0.15) is 30.0 Å². The molecule has 0 amide bonds. The zero-order chi connectivity index (χ0) is 15.7. The number of benzene rings is 1. The molecular formula is C17H23FN2O2. The summed E-state index contributed by atoms with van der Waals surface area (Å²) in [7, 11) is 0. The molecule has 1 aromatic carbocycles. The maximum atomic E-state index is 14.4. The van der Waals surface area contributed by atoms with Crippen LogP contribution in [-0.2, 0) is 6.54 Å². The average Bonchev–Trinajstić information content (AvgIpc) is 2.82. The van der Waals surface area contributed by atoms with Gasteiger partial charge >= 0.3 is 0 Å². The van der Waals surface area contributed by atoms with Crippen LogP contribution in [0.2, 0.25) is 0 Å². The highest BCUT2D eigenvalue weighted by Gasteiger charge is 2.26. The van der Waals surface area contributed by atoms with Crippen molar-refractivity contribution in [1.29, 1.82) is 0 Å². The molecule has 2 atom stereocenters. The minimum atomic E-state index is -0.884. The second kappa shape index (κ2) is 6.36. The monoisotopic (exact) mass is 306 g/mol. The number of aliphatic hydroxyl groups is 2. The Morgan fingerprint density at radius 3 is 2.95 bits per heavy atom. The maximum absolute atomic E-state index is 14.4. The van der Waals surface area contributed by atoms with Gasteiger partial charge < -0.3 is 20.1 Å². The predicted molar refractivity (Wildman–Crippen MR) is 84.6 cm³/mol. The molecule has 0 aliphatic carbocycles. The summed E-state index contributed by atoms with van der Waals surface area (Å²) in [5.41, 5.74) is 2.70. The van der Waals surface area contributed by atoms with Crippen LogP contribution in [-0.4, -0.2) is 40.6 Å². The lowest BCUT2D eigenvalue weighted by atomic mass is 9.93. The van der Waals surface area contributed by atoms with Gasteiger partial charge in [0.25, 0.3) is 0 Å². The number of aliphatic hydroxyl groups excluding tert-OH is 2. The molecule has 22 heavy (non-hydrogen) atoms. The Bertz CT molecular complexity index is 662. The Balaban J connectivity index is 2.17. The summed E-state index contributed by atoms with van der Waals surface area (Å²) in [5.74, 6) is 0.0344. The van der Waals surface area contributed by atoms with Crippen LogP contribution in [0.25, 0.3) is 10.9 Å². The van der Waals surface area contributed by atoms with E-state index >= 15 is 0 Å². The van der Waals surface area contributed by atoms with Crippen molar-refractivity contribution in [1.82, 2.24) is 9.88 Å². The van der Waals surface area contributed by atoms with Crippen molar-refractivity contribution in [3.8, 4) is 0 Å². The van der Waals surface area contributed by atoms with E-state index in [-0.39, 0.29) is 19.0 Å². The van der Waals surface area contributed by atoms with E-state index < -0.39 is 6.10 Å². The van der Waals surface area contributed by atoms with E-state index in [0.29, 0.717) is 11.4 Å². The van der Waals surface area contributed by atoms with Crippen molar-refractivity contribution in [2.45, 2.75) is 38.3 Å². The lowest BCUT2D eigenvalue weighted by Gasteiger charge is -2.26. The van der Waals surface area contributed by atoms with Gasteiger partial charge in [0.15, 0.2) is 0 Å². The molecule has 2 heterocycles. The summed E-state index contributed by atoms with van der Waals surface area (Å²) < 4.78 is 16.3. The van der Waals surface area contributed by atoms with E-state index in [0.717, 1.165) is 42.6 Å². The Morgan fingerprint density at radius 2 is 2.27 bits per heavy atom. The minimum Gasteiger partial charge on any atom is -0.394 e. The van der Waals surface area contributed by atoms with Crippen molar-refractivity contribution >= 4 is 10.9 Å². The number of piperidine rings is 1. The molecule has 1 fully saturated rings. The first-order chi connectivity index (χ1) is 10.6. The Kier molecular flexibility index (Phi) is 4.47. The fraction of sp³-hybridized carbons (Fsp3) is 0.529. The number of hydrogen-bond donors (Lipinski definition) is 3. The van der Waals surface area contributed by atoms with Crippen LogP contribution in [0.3, 0.4) is 0 Å². The number of nitrogens with one attached hydrogen (secondary N) is 1. The summed E-state index contributed by atoms with van der Waals surface area (Å²) in [5, 5.41) is 23.4. The van der Waals surface area contributed by atoms with Gasteiger partial charge in [-0.05, 0) is 37.9 Å². The summed E-state index contributed by atoms with van der Waals surface area (Å²) >= 11 is 0. The van der Waals surface area contributed by atoms with Crippen molar-refractivity contribution < 1.29 is 14.6 Å². The molecule has 1 aliphatic rings. The number of halogens is 1. The number of para-hydroxylation sites is 1. The molecule has 2 aromatic rings. The van der Waals surface area contributed by atoms with Crippen LogP contribution < -0.4 is 5.32 Å². The molecule has 0 radical (unpaired) electrons. The van der Waals surface area contributed by atoms with Crippen LogP contribution in [0.5, 0.6) is 0 Å². The van der Waals surface area contributed by atoms with Gasteiger partial charge in [-0.15, -0.1) is 0 Å². The number of nitrogens with zero attached hydrogens (tertiary/aromatic N) is 1. The standard InChI is InChI=1S/C17H23FN2O2/c1-11-14-5-2-6-15(18)17(14)20(9-13(22)10-21)16(11)12-4-3-7-19-8-12/h2,5-6,12-13,19,21-22H,3-4,7-10H2,1H3/t12?,13-/m0/s1. The summed E-state index contributed by atoms with van der Waals surface area (Å²) in [6.07, 6.45) is 1.27. The molecule has 1 unspecified atom stereocenters. The van der Waals surface area contributed by atoms with Crippen LogP contribution in [0.15, 0.2) is 18.2 Å². The Hall–Kier alpha value is -1.43. The minimum absolute atomic E-state index is 0.216. The first-order valence-electron chi connectivity index (χ1n) is 7.90. The third-order valence-corrected chi connectivity index (χ3v) is 4.62. The fourth-order valence-electron chi connectivity index (χ4n) is 3.62. The van der Waals surface area contributed by atoms with Crippen LogP contribution >= 0.6 is 0 Å². The molecule has 1 aromatic heterocycles. The highest BCUT2D eigenvalue weighted by molar-refractivity contribution is 5.86.